The van der Waals surface area contributed by atoms with Crippen molar-refractivity contribution in [2.45, 2.75) is 51.1 Å². The topological polar surface area (TPSA) is 41.5 Å². The van der Waals surface area contributed by atoms with Crippen LogP contribution in [-0.2, 0) is 4.74 Å². The molecule has 7 heteroatoms. The third-order valence-electron chi connectivity index (χ3n) is 3.13. The van der Waals surface area contributed by atoms with E-state index in [1.807, 2.05) is 0 Å². The Morgan fingerprint density at radius 1 is 1.24 bits per heavy atom. The standard InChI is InChI=1S/C14H28F3NO2S/c1-3-5-6-12(4-2)10-20-11-13(19)9-18-7-8-21-14(15,16)17/h12-13,18-19H,3-11H2,1-2H3. The summed E-state index contributed by atoms with van der Waals surface area (Å²) in [6, 6.07) is 0. The third-order valence-corrected chi connectivity index (χ3v) is 3.87. The molecule has 0 spiro atoms. The molecule has 0 aliphatic heterocycles. The molecule has 0 aliphatic rings. The van der Waals surface area contributed by atoms with Gasteiger partial charge >= 0.3 is 5.51 Å². The van der Waals surface area contributed by atoms with Gasteiger partial charge in [-0.15, -0.1) is 0 Å². The number of thioether (sulfide) groups is 1. The summed E-state index contributed by atoms with van der Waals surface area (Å²) in [6.45, 7) is 5.61. The van der Waals surface area contributed by atoms with Gasteiger partial charge in [0, 0.05) is 25.4 Å². The number of ether oxygens (including phenoxy) is 1. The Kier molecular flexibility index (Phi) is 12.6. The van der Waals surface area contributed by atoms with E-state index in [1.54, 1.807) is 0 Å². The highest BCUT2D eigenvalue weighted by molar-refractivity contribution is 8.00. The van der Waals surface area contributed by atoms with Crippen LogP contribution in [0.15, 0.2) is 0 Å². The highest BCUT2D eigenvalue weighted by atomic mass is 32.2. The summed E-state index contributed by atoms with van der Waals surface area (Å²) in [4.78, 5) is 0. The lowest BCUT2D eigenvalue weighted by Crippen LogP contribution is -2.32. The molecule has 0 fully saturated rings. The van der Waals surface area contributed by atoms with Crippen LogP contribution in [0.1, 0.15) is 39.5 Å². The normalized spacial score (nSPS) is 15.1. The minimum Gasteiger partial charge on any atom is -0.389 e. The predicted molar refractivity (Wildman–Crippen MR) is 81.5 cm³/mol. The van der Waals surface area contributed by atoms with Gasteiger partial charge in [0.05, 0.1) is 12.7 Å². The monoisotopic (exact) mass is 331 g/mol. The zero-order valence-corrected chi connectivity index (χ0v) is 13.7. The van der Waals surface area contributed by atoms with Gasteiger partial charge in [0.25, 0.3) is 0 Å². The second-order valence-corrected chi connectivity index (χ2v) is 6.27. The van der Waals surface area contributed by atoms with E-state index in [9.17, 15) is 18.3 Å². The second-order valence-electron chi connectivity index (χ2n) is 5.11. The summed E-state index contributed by atoms with van der Waals surface area (Å²) in [6.07, 6.45) is 3.87. The van der Waals surface area contributed by atoms with Crippen LogP contribution < -0.4 is 5.32 Å². The third kappa shape index (κ3) is 14.7. The molecule has 0 amide bonds. The number of halogens is 3. The van der Waals surface area contributed by atoms with Gasteiger partial charge in [-0.05, 0) is 24.1 Å². The lowest BCUT2D eigenvalue weighted by Gasteiger charge is -2.17. The highest BCUT2D eigenvalue weighted by Gasteiger charge is 2.27. The Hall–Kier alpha value is 0.0200. The van der Waals surface area contributed by atoms with Gasteiger partial charge in [0.2, 0.25) is 0 Å². The molecule has 0 aliphatic carbocycles. The van der Waals surface area contributed by atoms with Crippen molar-refractivity contribution in [1.29, 1.82) is 0 Å². The lowest BCUT2D eigenvalue weighted by molar-refractivity contribution is -0.0327. The smallest absolute Gasteiger partial charge is 0.389 e. The number of nitrogens with one attached hydrogen (secondary N) is 1. The van der Waals surface area contributed by atoms with Gasteiger partial charge < -0.3 is 15.2 Å². The number of rotatable bonds is 13. The van der Waals surface area contributed by atoms with Crippen molar-refractivity contribution < 1.29 is 23.0 Å². The van der Waals surface area contributed by atoms with Crippen molar-refractivity contribution in [2.24, 2.45) is 5.92 Å². The molecule has 0 radical (unpaired) electrons. The summed E-state index contributed by atoms with van der Waals surface area (Å²) >= 11 is -0.0578. The van der Waals surface area contributed by atoms with Crippen molar-refractivity contribution in [3.63, 3.8) is 0 Å². The maximum absolute atomic E-state index is 11.9. The molecule has 0 aromatic heterocycles. The average Bonchev–Trinajstić information content (AvgIpc) is 2.41. The van der Waals surface area contributed by atoms with E-state index < -0.39 is 11.6 Å². The molecule has 2 atom stereocenters. The van der Waals surface area contributed by atoms with E-state index in [-0.39, 0.29) is 37.2 Å². The second kappa shape index (κ2) is 12.6. The molecular weight excluding hydrogens is 303 g/mol. The van der Waals surface area contributed by atoms with Gasteiger partial charge in [-0.25, -0.2) is 0 Å². The number of aliphatic hydroxyl groups excluding tert-OH is 1. The van der Waals surface area contributed by atoms with E-state index >= 15 is 0 Å². The number of alkyl halides is 3. The lowest BCUT2D eigenvalue weighted by atomic mass is 10.0. The highest BCUT2D eigenvalue weighted by Crippen LogP contribution is 2.29. The minimum absolute atomic E-state index is 0.0496. The Morgan fingerprint density at radius 2 is 1.95 bits per heavy atom. The van der Waals surface area contributed by atoms with Gasteiger partial charge in [0.15, 0.2) is 0 Å². The summed E-state index contributed by atoms with van der Waals surface area (Å²) in [5.41, 5.74) is -4.18. The molecule has 2 unspecified atom stereocenters. The van der Waals surface area contributed by atoms with Crippen LogP contribution >= 0.6 is 11.8 Å². The van der Waals surface area contributed by atoms with E-state index in [4.69, 9.17) is 4.74 Å². The fourth-order valence-electron chi connectivity index (χ4n) is 1.84. The quantitative estimate of drug-likeness (QED) is 0.508. The first kappa shape index (κ1) is 21.0. The van der Waals surface area contributed by atoms with Crippen molar-refractivity contribution >= 4 is 11.8 Å². The first-order valence-electron chi connectivity index (χ1n) is 7.56. The number of hydrogen-bond acceptors (Lipinski definition) is 4. The number of unbranched alkanes of at least 4 members (excludes halogenated alkanes) is 1. The molecule has 0 aromatic rings. The average molecular weight is 331 g/mol. The molecule has 0 saturated carbocycles. The van der Waals surface area contributed by atoms with Crippen LogP contribution in [0.2, 0.25) is 0 Å². The molecule has 2 N–H and O–H groups in total. The van der Waals surface area contributed by atoms with E-state index in [0.29, 0.717) is 12.5 Å². The zero-order chi connectivity index (χ0) is 16.1. The van der Waals surface area contributed by atoms with E-state index in [1.165, 1.54) is 12.8 Å². The van der Waals surface area contributed by atoms with Crippen molar-refractivity contribution in [1.82, 2.24) is 5.32 Å². The Morgan fingerprint density at radius 3 is 2.52 bits per heavy atom. The molecule has 0 bridgehead atoms. The molecule has 21 heavy (non-hydrogen) atoms. The molecular formula is C14H28F3NO2S. The molecule has 0 heterocycles. The van der Waals surface area contributed by atoms with Gasteiger partial charge in [-0.3, -0.25) is 0 Å². The van der Waals surface area contributed by atoms with Crippen LogP contribution in [-0.4, -0.2) is 48.8 Å². The first-order valence-corrected chi connectivity index (χ1v) is 8.54. The van der Waals surface area contributed by atoms with Crippen molar-refractivity contribution in [2.75, 3.05) is 32.1 Å². The number of aliphatic hydroxyl groups is 1. The van der Waals surface area contributed by atoms with Crippen molar-refractivity contribution in [3.8, 4) is 0 Å². The Labute approximate surface area is 130 Å². The summed E-state index contributed by atoms with van der Waals surface area (Å²) in [5.74, 6) is 0.472. The Bertz CT molecular complexity index is 243. The zero-order valence-electron chi connectivity index (χ0n) is 12.9. The molecule has 0 saturated heterocycles. The first-order chi connectivity index (χ1) is 9.89. The summed E-state index contributed by atoms with van der Waals surface area (Å²) in [7, 11) is 0. The minimum atomic E-state index is -4.18. The number of hydrogen-bond donors (Lipinski definition) is 2. The van der Waals surface area contributed by atoms with Gasteiger partial charge in [0.1, 0.15) is 0 Å². The molecule has 0 rings (SSSR count). The summed E-state index contributed by atoms with van der Waals surface area (Å²) < 4.78 is 41.1. The van der Waals surface area contributed by atoms with Crippen molar-refractivity contribution in [3.05, 3.63) is 0 Å². The maximum atomic E-state index is 11.9. The fourth-order valence-corrected chi connectivity index (χ4v) is 2.31. The Balaban J connectivity index is 3.51. The predicted octanol–water partition coefficient (Wildman–Crippen LogP) is 3.42. The SMILES string of the molecule is CCCCC(CC)COCC(O)CNCCSC(F)(F)F. The van der Waals surface area contributed by atoms with Crippen LogP contribution in [0.25, 0.3) is 0 Å². The largest absolute Gasteiger partial charge is 0.441 e. The molecule has 0 aromatic carbocycles. The van der Waals surface area contributed by atoms with E-state index in [0.717, 1.165) is 12.8 Å². The summed E-state index contributed by atoms with van der Waals surface area (Å²) in [5, 5.41) is 12.4. The van der Waals surface area contributed by atoms with Crippen LogP contribution in [0, 0.1) is 5.92 Å². The molecule has 3 nitrogen and oxygen atoms in total. The maximum Gasteiger partial charge on any atom is 0.441 e. The van der Waals surface area contributed by atoms with Crippen LogP contribution in [0.5, 0.6) is 0 Å². The molecule has 128 valence electrons. The fraction of sp³-hybridized carbons (Fsp3) is 1.00. The van der Waals surface area contributed by atoms with Crippen LogP contribution in [0.4, 0.5) is 13.2 Å². The van der Waals surface area contributed by atoms with Crippen LogP contribution in [0.3, 0.4) is 0 Å². The van der Waals surface area contributed by atoms with Gasteiger partial charge in [-0.2, -0.15) is 13.2 Å². The van der Waals surface area contributed by atoms with Gasteiger partial charge in [-0.1, -0.05) is 33.1 Å². The van der Waals surface area contributed by atoms with E-state index in [2.05, 4.69) is 19.2 Å².